The van der Waals surface area contributed by atoms with Crippen LogP contribution in [0.2, 0.25) is 13.3 Å². The van der Waals surface area contributed by atoms with Crippen molar-refractivity contribution in [1.29, 1.82) is 0 Å². The first-order valence-corrected chi connectivity index (χ1v) is 53.6. The number of nitrogen functional groups attached to an aromatic ring is 3. The summed E-state index contributed by atoms with van der Waals surface area (Å²) in [5.41, 5.74) is 35.9. The molecule has 5 aromatic heterocycles. The van der Waals surface area contributed by atoms with E-state index < -0.39 is 74.9 Å². The van der Waals surface area contributed by atoms with Gasteiger partial charge in [-0.3, -0.25) is 43.4 Å². The normalized spacial score (nSPS) is 10.2. The maximum absolute atomic E-state index is 13.9. The number of aromatic nitrogens is 5. The molecule has 0 aliphatic rings. The molecule has 12 aromatic carbocycles. The number of amides is 2. The molecule has 0 fully saturated rings. The standard InChI is InChI=1S/C20H13FIN3O2.C20H15FN4O2.C12H9BrFNO.C12H8FNO3.C12H10FNO.C6H4FNO2.C6H5FO.C6H6N.3C4H9.CH2O3.2Cs.Sn.H/c2*21-15-3-1-2-4-18(15)27-13-6-7-16(22)14(9-13)12-5-8-19-24-10-17(20(23)26)25(19)11-12;13-9-7-8(5-6-11(9)15)16-12-4-2-1-3-10(12)14;13-11-3-1-2-4-12(11)17-10-7-5-9(6-8-10)14(15)16;13-11-3-1-2-4-12(11)15-10-7-5-9(14)6-8-10;7-5-1-3-6(4-2-5)8(9)10;7-5-3-1-2-4-6(5)8;1-6-4-2-3-5-7-6;3*1-3-4-2;2-1-4-3;;;;/h1-11H,(H2,23,26);1-11H,22H2,(H2,23,26);1-7H,15H2;1-8H;1-8H,14H2;1-4H;1-4,8H;2-4H,1H3;3*1,3-4H2,2H3;1,3H;;;;/q;;;;;;;;;;;;2*+1;;-1/p-1. The number of benzene rings is 12. The van der Waals surface area contributed by atoms with Gasteiger partial charge in [0, 0.05) is 78.5 Å². The number of nitrogens with zero attached hydrogens (tertiary/aromatic N) is 7. The van der Waals surface area contributed by atoms with Gasteiger partial charge in [0.1, 0.15) is 57.2 Å². The van der Waals surface area contributed by atoms with E-state index in [2.05, 4.69) is 99.3 Å². The molecule has 0 saturated heterocycles. The minimum absolute atomic E-state index is 0. The van der Waals surface area contributed by atoms with Crippen molar-refractivity contribution in [3.8, 4) is 85.5 Å². The van der Waals surface area contributed by atoms with Crippen molar-refractivity contribution in [2.45, 2.75) is 79.5 Å². The second-order valence-corrected chi connectivity index (χ2v) is 46.1. The van der Waals surface area contributed by atoms with Crippen molar-refractivity contribution in [2.75, 3.05) is 17.2 Å². The smallest absolute Gasteiger partial charge is 1.00 e. The van der Waals surface area contributed by atoms with Gasteiger partial charge < -0.3 is 69.0 Å². The van der Waals surface area contributed by atoms with Gasteiger partial charge in [-0.2, -0.15) is 0 Å². The molecule has 0 radical (unpaired) electrons. The molecule has 0 saturated carbocycles. The molecular weight excluding hydrogens is 2420 g/mol. The molecule has 0 unspecified atom stereocenters. The van der Waals surface area contributed by atoms with E-state index in [1.807, 2.05) is 30.3 Å². The first-order chi connectivity index (χ1) is 69.2. The molecule has 0 aliphatic carbocycles. The average Bonchev–Trinajstić information content (AvgIpc) is 1.65. The molecule has 11 N–H and O–H groups in total. The SMILES string of the molecule is CCC[CH2][Sn]([CH2]CCC)([CH2]CCC)[c]1cccc(C)n1.NC(=O)c1cnc2ccc(-c3cc(Oc4ccccc4F)ccc3I)cn12.NC(=O)c1cnc2ccc(-c3cc(Oc4ccccc4F)ccc3N)cn12.Nc1ccc(Oc2ccccc2F)cc1.Nc1ccc(Oc2ccccc2F)cc1Br.O=CO[O-].O=[N+]([O-])c1ccc(F)cc1.O=[N+]([O-])c1ccc(Oc2ccccc2F)cc1.Oc1ccccc1F.[Cs+].[Cs+].[H-]. The molecular formula is C107H99BrCs2F7IN12O15Sn. The Morgan fingerprint density at radius 3 is 1.15 bits per heavy atom. The minimum atomic E-state index is -2.25. The van der Waals surface area contributed by atoms with Gasteiger partial charge >= 0.3 is 268 Å². The number of carbonyl (C=O) groups excluding carboxylic acids is 3. The maximum Gasteiger partial charge on any atom is 1.00 e. The Labute approximate surface area is 982 Å². The number of nitro benzene ring substituents is 2. The molecule has 0 atom stereocenters. The van der Waals surface area contributed by atoms with Crippen LogP contribution in [0, 0.1) is 71.4 Å². The molecule has 0 aliphatic heterocycles. The fourth-order valence-corrected chi connectivity index (χ4v) is 30.1. The van der Waals surface area contributed by atoms with E-state index in [1.54, 1.807) is 189 Å². The van der Waals surface area contributed by atoms with Crippen LogP contribution in [0.5, 0.6) is 63.2 Å². The third kappa shape index (κ3) is 38.5. The predicted octanol–water partition coefficient (Wildman–Crippen LogP) is 20.2. The molecule has 2 amide bonds. The van der Waals surface area contributed by atoms with Gasteiger partial charge in [-0.05, 0) is 244 Å². The van der Waals surface area contributed by atoms with Crippen molar-refractivity contribution >= 4 is 119 Å². The van der Waals surface area contributed by atoms with Gasteiger partial charge in [0.05, 0.1) is 22.2 Å². The Bertz CT molecular complexity index is 6910. The van der Waals surface area contributed by atoms with Crippen molar-refractivity contribution < 1.29 is 233 Å². The number of rotatable bonds is 27. The summed E-state index contributed by atoms with van der Waals surface area (Å²) in [5, 5.41) is 37.4. The van der Waals surface area contributed by atoms with E-state index in [0.717, 1.165) is 49.0 Å². The van der Waals surface area contributed by atoms with Crippen LogP contribution in [-0.2, 0) is 9.68 Å². The third-order valence-corrected chi connectivity index (χ3v) is 37.5. The number of nitro groups is 2. The minimum Gasteiger partial charge on any atom is -1.00 e. The number of pyridine rings is 3. The maximum atomic E-state index is 13.9. The Kier molecular flexibility index (Phi) is 52.2. The number of ether oxygens (including phenoxy) is 5. The van der Waals surface area contributed by atoms with Crippen LogP contribution in [0.15, 0.2) is 345 Å². The molecule has 27 nitrogen and oxygen atoms in total. The molecule has 146 heavy (non-hydrogen) atoms. The second kappa shape index (κ2) is 63.0. The fourth-order valence-electron chi connectivity index (χ4n) is 13.5. The van der Waals surface area contributed by atoms with Gasteiger partial charge in [-0.25, -0.2) is 40.7 Å². The number of non-ortho nitro benzene ring substituents is 2. The second-order valence-electron chi connectivity index (χ2n) is 31.0. The zero-order valence-corrected chi connectivity index (χ0v) is 99.0. The number of phenols is 1. The fraction of sp³-hybridized carbons (Fsp3) is 0.121. The molecule has 39 heteroatoms. The quantitative estimate of drug-likeness (QED) is 0.00407. The number of imidazole rings is 2. The number of hydrogen-bond donors (Lipinski definition) is 6. The summed E-state index contributed by atoms with van der Waals surface area (Å²) in [6.45, 7) is 8.97. The summed E-state index contributed by atoms with van der Waals surface area (Å²) in [7, 11) is 0. The van der Waals surface area contributed by atoms with Crippen LogP contribution < -0.4 is 199 Å². The van der Waals surface area contributed by atoms with Crippen LogP contribution in [0.3, 0.4) is 0 Å². The van der Waals surface area contributed by atoms with Crippen molar-refractivity contribution in [3.05, 3.63) is 426 Å². The van der Waals surface area contributed by atoms with Gasteiger partial charge in [0.15, 0.2) is 69.4 Å². The molecule has 17 aromatic rings. The molecule has 0 bridgehead atoms. The number of phenolic OH excluding ortho intramolecular Hbond substituents is 1. The first kappa shape index (κ1) is 121. The van der Waals surface area contributed by atoms with Gasteiger partial charge in [-0.15, -0.1) is 0 Å². The molecule has 746 valence electrons. The van der Waals surface area contributed by atoms with E-state index in [4.69, 9.17) is 72.5 Å². The number of para-hydroxylation sites is 6. The number of nitrogens with two attached hydrogens (primary N) is 5. The number of fused-ring (bicyclic) bond motifs is 2. The number of unbranched alkanes of at least 4 members (excludes halogenated alkanes) is 3. The van der Waals surface area contributed by atoms with Crippen LogP contribution in [0.4, 0.5) is 59.2 Å². The zero-order chi connectivity index (χ0) is 104. The number of hydrogen-bond acceptors (Lipinski definition) is 21. The van der Waals surface area contributed by atoms with E-state index in [-0.39, 0.29) is 203 Å². The third-order valence-electron chi connectivity index (χ3n) is 20.7. The number of anilines is 3. The van der Waals surface area contributed by atoms with Crippen LogP contribution >= 0.6 is 38.5 Å². The van der Waals surface area contributed by atoms with Crippen molar-refractivity contribution in [2.24, 2.45) is 11.5 Å². The predicted molar refractivity (Wildman–Crippen MR) is 553 cm³/mol. The van der Waals surface area contributed by atoms with Crippen molar-refractivity contribution in [3.63, 3.8) is 0 Å². The number of carbonyl (C=O) groups is 3. The molecule has 0 spiro atoms. The summed E-state index contributed by atoms with van der Waals surface area (Å²) in [4.78, 5) is 67.1. The number of primary amides is 2. The van der Waals surface area contributed by atoms with Gasteiger partial charge in [0.25, 0.3) is 29.7 Å². The number of aromatic hydroxyl groups is 1. The number of halogens is 9. The molecule has 17 rings (SSSR count). The zero-order valence-electron chi connectivity index (χ0n) is 80.9. The first-order valence-electron chi connectivity index (χ1n) is 44.2. The summed E-state index contributed by atoms with van der Waals surface area (Å²) < 4.78 is 130. The largest absolute Gasteiger partial charge is 1.00 e. The Morgan fingerprint density at radius 1 is 0.452 bits per heavy atom. The van der Waals surface area contributed by atoms with Crippen molar-refractivity contribution in [1.82, 2.24) is 23.8 Å². The number of aryl methyl sites for hydroxylation is 1. The molecule has 5 heterocycles. The summed E-state index contributed by atoms with van der Waals surface area (Å²) >= 11 is 3.25. The van der Waals surface area contributed by atoms with E-state index >= 15 is 0 Å². The Balaban J connectivity index is 0.000000260. The van der Waals surface area contributed by atoms with Crippen LogP contribution in [-0.4, -0.2) is 75.4 Å². The Morgan fingerprint density at radius 2 is 0.795 bits per heavy atom. The monoisotopic (exact) mass is 2520 g/mol. The Hall–Kier alpha value is -11.8. The average molecular weight is 2520 g/mol. The van der Waals surface area contributed by atoms with Gasteiger partial charge in [0.2, 0.25) is 0 Å². The van der Waals surface area contributed by atoms with Gasteiger partial charge in [-0.1, -0.05) is 72.8 Å². The summed E-state index contributed by atoms with van der Waals surface area (Å²) in [5.74, 6) is -1.45. The van der Waals surface area contributed by atoms with E-state index in [1.165, 1.54) is 149 Å². The topological polar surface area (TPSA) is 414 Å². The van der Waals surface area contributed by atoms with E-state index in [9.17, 15) is 60.6 Å². The van der Waals surface area contributed by atoms with Crippen LogP contribution in [0.25, 0.3) is 33.5 Å². The summed E-state index contributed by atoms with van der Waals surface area (Å²) in [6, 6.07) is 82.7. The van der Waals surface area contributed by atoms with E-state index in [0.29, 0.717) is 68.4 Å². The van der Waals surface area contributed by atoms with Crippen LogP contribution in [0.1, 0.15) is 87.4 Å². The summed E-state index contributed by atoms with van der Waals surface area (Å²) in [6.07, 6.45) is 14.6.